The lowest BCUT2D eigenvalue weighted by molar-refractivity contribution is -0.385. The fourth-order valence-corrected chi connectivity index (χ4v) is 2.25. The number of phenols is 2. The lowest BCUT2D eigenvalue weighted by atomic mass is 10.1. The minimum absolute atomic E-state index is 0.0990. The molecule has 0 bridgehead atoms. The molecule has 0 saturated heterocycles. The molecule has 0 saturated carbocycles. The van der Waals surface area contributed by atoms with E-state index >= 15 is 0 Å². The lowest BCUT2D eigenvalue weighted by Crippen LogP contribution is -2.11. The van der Waals surface area contributed by atoms with Crippen LogP contribution in [0.1, 0.15) is 5.69 Å². The van der Waals surface area contributed by atoms with E-state index in [2.05, 4.69) is 19.9 Å². The monoisotopic (exact) mass is 379 g/mol. The lowest BCUT2D eigenvalue weighted by Gasteiger charge is -2.10. The highest BCUT2D eigenvalue weighted by atomic mass is 19.4. The van der Waals surface area contributed by atoms with Crippen molar-refractivity contribution >= 4 is 5.69 Å². The summed E-state index contributed by atoms with van der Waals surface area (Å²) in [7, 11) is 0. The first-order valence-electron chi connectivity index (χ1n) is 7.11. The topological polar surface area (TPSA) is 135 Å². The van der Waals surface area contributed by atoms with Crippen molar-refractivity contribution in [1.82, 2.24) is 19.9 Å². The molecule has 0 aliphatic carbocycles. The SMILES string of the molecule is O=[N+]([O-])c1cc(-c2ncnc(-c3cccnc3C(F)(F)F)n2)cc(O)c1O. The van der Waals surface area contributed by atoms with Crippen LogP contribution in [-0.4, -0.2) is 35.1 Å². The first-order valence-corrected chi connectivity index (χ1v) is 7.11. The first kappa shape index (κ1) is 18.0. The minimum atomic E-state index is -4.75. The van der Waals surface area contributed by atoms with Gasteiger partial charge in [-0.2, -0.15) is 13.2 Å². The zero-order valence-electron chi connectivity index (χ0n) is 13.0. The summed E-state index contributed by atoms with van der Waals surface area (Å²) in [4.78, 5) is 24.7. The molecule has 0 spiro atoms. The van der Waals surface area contributed by atoms with Gasteiger partial charge >= 0.3 is 11.9 Å². The van der Waals surface area contributed by atoms with E-state index in [1.165, 1.54) is 6.07 Å². The number of hydrogen-bond acceptors (Lipinski definition) is 8. The Morgan fingerprint density at radius 3 is 2.44 bits per heavy atom. The Morgan fingerprint density at radius 1 is 1.07 bits per heavy atom. The van der Waals surface area contributed by atoms with Gasteiger partial charge in [0.1, 0.15) is 6.33 Å². The summed E-state index contributed by atoms with van der Waals surface area (Å²) in [6, 6.07) is 4.20. The molecule has 2 aromatic heterocycles. The van der Waals surface area contributed by atoms with Gasteiger partial charge in [-0.1, -0.05) is 0 Å². The number of alkyl halides is 3. The molecule has 0 unspecified atom stereocenters. The number of nitrogens with zero attached hydrogens (tertiary/aromatic N) is 5. The number of aromatic hydroxyl groups is 2. The second-order valence-electron chi connectivity index (χ2n) is 5.15. The Hall–Kier alpha value is -3.83. The first-order chi connectivity index (χ1) is 12.7. The largest absolute Gasteiger partial charge is 0.504 e. The van der Waals surface area contributed by atoms with Crippen molar-refractivity contribution in [3.05, 3.63) is 52.6 Å². The average molecular weight is 379 g/mol. The maximum atomic E-state index is 13.1. The highest BCUT2D eigenvalue weighted by Crippen LogP contribution is 2.39. The predicted molar refractivity (Wildman–Crippen MR) is 83.5 cm³/mol. The van der Waals surface area contributed by atoms with Crippen LogP contribution in [0.2, 0.25) is 0 Å². The van der Waals surface area contributed by atoms with Crippen LogP contribution in [0.3, 0.4) is 0 Å². The van der Waals surface area contributed by atoms with Gasteiger partial charge in [-0.15, -0.1) is 0 Å². The zero-order chi connectivity index (χ0) is 19.8. The van der Waals surface area contributed by atoms with Gasteiger partial charge < -0.3 is 10.2 Å². The van der Waals surface area contributed by atoms with Gasteiger partial charge in [0, 0.05) is 17.8 Å². The standard InChI is InChI=1S/C15H8F3N5O4/c16-15(17,18)12-8(2-1-3-19-12)14-21-6-20-13(22-14)7-4-9(23(26)27)11(25)10(24)5-7/h1-6,24-25H. The van der Waals surface area contributed by atoms with Gasteiger partial charge in [-0.25, -0.2) is 15.0 Å². The molecule has 3 aromatic rings. The van der Waals surface area contributed by atoms with Gasteiger partial charge in [0.05, 0.1) is 10.5 Å². The number of hydrogen-bond donors (Lipinski definition) is 2. The number of nitro groups is 1. The number of rotatable bonds is 3. The van der Waals surface area contributed by atoms with Gasteiger partial charge in [0.25, 0.3) is 0 Å². The second-order valence-corrected chi connectivity index (χ2v) is 5.15. The molecule has 138 valence electrons. The molecule has 1 aromatic carbocycles. The van der Waals surface area contributed by atoms with Gasteiger partial charge in [0.2, 0.25) is 5.75 Å². The van der Waals surface area contributed by atoms with E-state index in [0.29, 0.717) is 0 Å². The summed E-state index contributed by atoms with van der Waals surface area (Å²) in [6.07, 6.45) is -2.87. The van der Waals surface area contributed by atoms with E-state index in [9.17, 15) is 33.5 Å². The van der Waals surface area contributed by atoms with Crippen LogP contribution >= 0.6 is 0 Å². The quantitative estimate of drug-likeness (QED) is 0.403. The normalized spacial score (nSPS) is 11.4. The Kier molecular flexibility index (Phi) is 4.31. The number of benzene rings is 1. The summed E-state index contributed by atoms with van der Waals surface area (Å²) in [5.74, 6) is -2.37. The third kappa shape index (κ3) is 3.44. The molecule has 0 atom stereocenters. The molecule has 9 nitrogen and oxygen atoms in total. The molecule has 0 aliphatic heterocycles. The molecular formula is C15H8F3N5O4. The molecule has 0 radical (unpaired) electrons. The second kappa shape index (κ2) is 6.48. The van der Waals surface area contributed by atoms with Crippen molar-refractivity contribution in [2.75, 3.05) is 0 Å². The maximum Gasteiger partial charge on any atom is 0.434 e. The Balaban J connectivity index is 2.15. The average Bonchev–Trinajstić information content (AvgIpc) is 2.63. The number of aromatic nitrogens is 4. The zero-order valence-corrected chi connectivity index (χ0v) is 13.0. The molecule has 2 heterocycles. The van der Waals surface area contributed by atoms with Crippen LogP contribution in [0, 0.1) is 10.1 Å². The fourth-order valence-electron chi connectivity index (χ4n) is 2.25. The summed E-state index contributed by atoms with van der Waals surface area (Å²) in [6.45, 7) is 0. The van der Waals surface area contributed by atoms with Crippen LogP contribution < -0.4 is 0 Å². The third-order valence-electron chi connectivity index (χ3n) is 3.41. The van der Waals surface area contributed by atoms with Crippen LogP contribution in [0.25, 0.3) is 22.8 Å². The van der Waals surface area contributed by atoms with Crippen molar-refractivity contribution in [3.63, 3.8) is 0 Å². The molecule has 0 amide bonds. The van der Waals surface area contributed by atoms with Gasteiger partial charge in [0.15, 0.2) is 23.1 Å². The van der Waals surface area contributed by atoms with Crippen molar-refractivity contribution in [3.8, 4) is 34.3 Å². The van der Waals surface area contributed by atoms with Crippen molar-refractivity contribution in [2.24, 2.45) is 0 Å². The van der Waals surface area contributed by atoms with Gasteiger partial charge in [-0.05, 0) is 18.2 Å². The molecule has 3 rings (SSSR count). The summed E-state index contributed by atoms with van der Waals surface area (Å²) >= 11 is 0. The van der Waals surface area contributed by atoms with E-state index in [-0.39, 0.29) is 17.2 Å². The van der Waals surface area contributed by atoms with Crippen molar-refractivity contribution in [2.45, 2.75) is 6.18 Å². The number of pyridine rings is 1. The van der Waals surface area contributed by atoms with Gasteiger partial charge in [-0.3, -0.25) is 15.1 Å². The van der Waals surface area contributed by atoms with Crippen LogP contribution in [-0.2, 0) is 6.18 Å². The molecule has 27 heavy (non-hydrogen) atoms. The Bertz CT molecular complexity index is 1040. The minimum Gasteiger partial charge on any atom is -0.504 e. The molecule has 2 N–H and O–H groups in total. The summed E-state index contributed by atoms with van der Waals surface area (Å²) in [5.41, 5.74) is -2.53. The van der Waals surface area contributed by atoms with Crippen LogP contribution in [0.15, 0.2) is 36.8 Å². The van der Waals surface area contributed by atoms with Crippen molar-refractivity contribution in [1.29, 1.82) is 0 Å². The van der Waals surface area contributed by atoms with E-state index in [1.54, 1.807) is 0 Å². The molecule has 0 aliphatic rings. The smallest absolute Gasteiger partial charge is 0.434 e. The van der Waals surface area contributed by atoms with Crippen LogP contribution in [0.5, 0.6) is 11.5 Å². The third-order valence-corrected chi connectivity index (χ3v) is 3.41. The highest BCUT2D eigenvalue weighted by Gasteiger charge is 2.36. The number of phenolic OH excluding ortho intramolecular Hbond substituents is 2. The fraction of sp³-hybridized carbons (Fsp3) is 0.0667. The van der Waals surface area contributed by atoms with E-state index < -0.39 is 39.5 Å². The molecular weight excluding hydrogens is 371 g/mol. The summed E-state index contributed by atoms with van der Waals surface area (Å²) < 4.78 is 39.4. The van der Waals surface area contributed by atoms with E-state index in [4.69, 9.17) is 0 Å². The van der Waals surface area contributed by atoms with Crippen LogP contribution in [0.4, 0.5) is 18.9 Å². The van der Waals surface area contributed by atoms with E-state index in [1.807, 2.05) is 0 Å². The molecule has 0 fully saturated rings. The summed E-state index contributed by atoms with van der Waals surface area (Å²) in [5, 5.41) is 30.1. The number of halogens is 3. The maximum absolute atomic E-state index is 13.1. The van der Waals surface area contributed by atoms with Crippen molar-refractivity contribution < 1.29 is 28.3 Å². The Morgan fingerprint density at radius 2 is 1.78 bits per heavy atom. The number of nitro benzene ring substituents is 1. The molecule has 12 heteroatoms. The predicted octanol–water partition coefficient (Wildman–Crippen LogP) is 2.94. The van der Waals surface area contributed by atoms with E-state index in [0.717, 1.165) is 30.7 Å². The highest BCUT2D eigenvalue weighted by molar-refractivity contribution is 5.69. The Labute approximate surface area is 148 Å².